The van der Waals surface area contributed by atoms with Crippen LogP contribution in [0.5, 0.6) is 0 Å². The number of benzene rings is 1. The molecule has 0 amide bonds. The van der Waals surface area contributed by atoms with Crippen molar-refractivity contribution in [2.75, 3.05) is 6.61 Å². The summed E-state index contributed by atoms with van der Waals surface area (Å²) in [4.78, 5) is 21.0. The zero-order chi connectivity index (χ0) is 15.5. The largest absolute Gasteiger partial charge is 0.461 e. The maximum atomic E-state index is 12.3. The van der Waals surface area contributed by atoms with Gasteiger partial charge in [0.15, 0.2) is 5.69 Å². The van der Waals surface area contributed by atoms with Gasteiger partial charge in [0.1, 0.15) is 5.69 Å². The van der Waals surface area contributed by atoms with E-state index in [2.05, 4.69) is 25.9 Å². The lowest BCUT2D eigenvalue weighted by atomic mass is 10.1. The van der Waals surface area contributed by atoms with E-state index in [4.69, 9.17) is 4.74 Å². The predicted octanol–water partition coefficient (Wildman–Crippen LogP) is 3.47. The van der Waals surface area contributed by atoms with Crippen molar-refractivity contribution in [1.82, 2.24) is 14.4 Å². The lowest BCUT2D eigenvalue weighted by Crippen LogP contribution is -2.09. The van der Waals surface area contributed by atoms with Crippen molar-refractivity contribution in [3.8, 4) is 11.3 Å². The average Bonchev–Trinajstić information content (AvgIpc) is 2.94. The number of halogens is 1. The Labute approximate surface area is 136 Å². The van der Waals surface area contributed by atoms with E-state index in [9.17, 15) is 4.79 Å². The zero-order valence-corrected chi connectivity index (χ0v) is 13.6. The van der Waals surface area contributed by atoms with Gasteiger partial charge in [-0.3, -0.25) is 4.40 Å². The summed E-state index contributed by atoms with van der Waals surface area (Å²) in [6, 6.07) is 9.64. The first-order valence-corrected chi connectivity index (χ1v) is 8.02. The van der Waals surface area contributed by atoms with Crippen LogP contribution in [0.25, 0.3) is 17.0 Å². The molecule has 22 heavy (non-hydrogen) atoms. The van der Waals surface area contributed by atoms with Crippen LogP contribution in [0.3, 0.4) is 0 Å². The highest BCUT2D eigenvalue weighted by Gasteiger charge is 2.22. The highest BCUT2D eigenvalue weighted by atomic mass is 79.9. The topological polar surface area (TPSA) is 56.5 Å². The summed E-state index contributed by atoms with van der Waals surface area (Å²) in [6.07, 6.45) is 3.41. The normalized spacial score (nSPS) is 10.8. The molecule has 0 aliphatic carbocycles. The minimum atomic E-state index is -0.400. The van der Waals surface area contributed by atoms with E-state index in [-0.39, 0.29) is 0 Å². The highest BCUT2D eigenvalue weighted by Crippen LogP contribution is 2.25. The molecule has 1 aromatic carbocycles. The molecule has 0 spiro atoms. The van der Waals surface area contributed by atoms with Gasteiger partial charge in [0.25, 0.3) is 0 Å². The number of imidazole rings is 1. The van der Waals surface area contributed by atoms with Crippen LogP contribution >= 0.6 is 15.9 Å². The van der Waals surface area contributed by atoms with Gasteiger partial charge in [-0.2, -0.15) is 0 Å². The number of fused-ring (bicyclic) bond motifs is 1. The van der Waals surface area contributed by atoms with Crippen LogP contribution in [0.4, 0.5) is 0 Å². The van der Waals surface area contributed by atoms with E-state index < -0.39 is 5.97 Å². The second-order valence-corrected chi connectivity index (χ2v) is 5.21. The number of ether oxygens (including phenoxy) is 1. The smallest absolute Gasteiger partial charge is 0.357 e. The van der Waals surface area contributed by atoms with E-state index in [0.717, 1.165) is 16.5 Å². The Hall–Kier alpha value is -2.21. The van der Waals surface area contributed by atoms with Crippen LogP contribution < -0.4 is 0 Å². The number of nitrogens with zero attached hydrogens (tertiary/aromatic N) is 3. The van der Waals surface area contributed by atoms with Crippen molar-refractivity contribution in [2.45, 2.75) is 12.3 Å². The molecular formula is C16H14BrN3O2. The van der Waals surface area contributed by atoms with E-state index in [1.54, 1.807) is 29.8 Å². The molecule has 0 atom stereocenters. The third kappa shape index (κ3) is 2.62. The molecule has 0 bridgehead atoms. The molecular weight excluding hydrogens is 346 g/mol. The van der Waals surface area contributed by atoms with Crippen molar-refractivity contribution < 1.29 is 9.53 Å². The third-order valence-corrected chi connectivity index (χ3v) is 3.90. The Kier molecular flexibility index (Phi) is 4.20. The summed E-state index contributed by atoms with van der Waals surface area (Å²) in [6.45, 7) is 2.10. The number of hydrogen-bond donors (Lipinski definition) is 0. The van der Waals surface area contributed by atoms with Crippen LogP contribution in [0.2, 0.25) is 0 Å². The molecule has 0 aliphatic rings. The second-order valence-electron chi connectivity index (χ2n) is 4.65. The number of carbonyl (C=O) groups is 1. The van der Waals surface area contributed by atoms with Gasteiger partial charge in [0, 0.05) is 23.3 Å². The first-order valence-electron chi connectivity index (χ1n) is 6.90. The van der Waals surface area contributed by atoms with Gasteiger partial charge in [-0.1, -0.05) is 40.2 Å². The molecule has 2 heterocycles. The maximum absolute atomic E-state index is 12.3. The first-order chi connectivity index (χ1) is 10.7. The van der Waals surface area contributed by atoms with Crippen molar-refractivity contribution in [3.05, 3.63) is 54.0 Å². The van der Waals surface area contributed by atoms with E-state index in [1.165, 1.54) is 0 Å². The molecule has 5 nitrogen and oxygen atoms in total. The number of aromatic nitrogens is 3. The third-order valence-electron chi connectivity index (χ3n) is 3.25. The van der Waals surface area contributed by atoms with Gasteiger partial charge >= 0.3 is 5.97 Å². The predicted molar refractivity (Wildman–Crippen MR) is 87.0 cm³/mol. The van der Waals surface area contributed by atoms with Crippen LogP contribution in [-0.2, 0) is 10.1 Å². The number of esters is 1. The van der Waals surface area contributed by atoms with Crippen LogP contribution in [0.1, 0.15) is 23.0 Å². The van der Waals surface area contributed by atoms with E-state index in [1.807, 2.05) is 24.3 Å². The fourth-order valence-electron chi connectivity index (χ4n) is 2.23. The summed E-state index contributed by atoms with van der Waals surface area (Å²) in [7, 11) is 0. The molecule has 3 rings (SSSR count). The molecule has 0 saturated carbocycles. The summed E-state index contributed by atoms with van der Waals surface area (Å²) >= 11 is 3.42. The number of carbonyl (C=O) groups excluding carboxylic acids is 1. The summed E-state index contributed by atoms with van der Waals surface area (Å²) in [5, 5.41) is 0.782. The van der Waals surface area contributed by atoms with Gasteiger partial charge < -0.3 is 4.74 Å². The van der Waals surface area contributed by atoms with E-state index in [0.29, 0.717) is 23.8 Å². The van der Waals surface area contributed by atoms with Gasteiger partial charge in [-0.05, 0) is 18.6 Å². The average molecular weight is 360 g/mol. The summed E-state index contributed by atoms with van der Waals surface area (Å²) in [5.74, 6) is 0.0766. The zero-order valence-electron chi connectivity index (χ0n) is 12.0. The molecule has 112 valence electrons. The Morgan fingerprint density at radius 1 is 1.32 bits per heavy atom. The minimum absolute atomic E-state index is 0.314. The first kappa shape index (κ1) is 14.7. The van der Waals surface area contributed by atoms with Crippen molar-refractivity contribution >= 4 is 27.7 Å². The second kappa shape index (κ2) is 6.27. The number of hydrogen-bond acceptors (Lipinski definition) is 4. The molecule has 3 aromatic rings. The van der Waals surface area contributed by atoms with Crippen molar-refractivity contribution in [3.63, 3.8) is 0 Å². The summed E-state index contributed by atoms with van der Waals surface area (Å²) in [5.41, 5.74) is 3.00. The Bertz CT molecular complexity index is 812. The molecule has 0 saturated heterocycles. The Morgan fingerprint density at radius 3 is 2.77 bits per heavy atom. The fraction of sp³-hybridized carbons (Fsp3) is 0.188. The standard InChI is InChI=1S/C16H14BrN3O2/c1-2-22-15(21)14-13(12-6-4-11(10-17)5-7-12)19-16-18-8-3-9-20(14)16/h3-9H,2,10H2,1H3. The Balaban J connectivity index is 2.18. The van der Waals surface area contributed by atoms with Crippen LogP contribution in [0.15, 0.2) is 42.7 Å². The number of rotatable bonds is 4. The quantitative estimate of drug-likeness (QED) is 0.528. The SMILES string of the molecule is CCOC(=O)c1c(-c2ccc(CBr)cc2)nc2ncccn12. The molecule has 0 N–H and O–H groups in total. The lowest BCUT2D eigenvalue weighted by Gasteiger charge is -2.05. The fourth-order valence-corrected chi connectivity index (χ4v) is 2.61. The van der Waals surface area contributed by atoms with Gasteiger partial charge in [-0.25, -0.2) is 14.8 Å². The molecule has 6 heteroatoms. The molecule has 0 fully saturated rings. The van der Waals surface area contributed by atoms with Gasteiger partial charge in [-0.15, -0.1) is 0 Å². The summed E-state index contributed by atoms with van der Waals surface area (Å²) < 4.78 is 6.82. The van der Waals surface area contributed by atoms with E-state index >= 15 is 0 Å². The monoisotopic (exact) mass is 359 g/mol. The molecule has 2 aromatic heterocycles. The van der Waals surface area contributed by atoms with Crippen molar-refractivity contribution in [2.24, 2.45) is 0 Å². The molecule has 0 unspecified atom stereocenters. The molecule has 0 radical (unpaired) electrons. The maximum Gasteiger partial charge on any atom is 0.357 e. The Morgan fingerprint density at radius 2 is 2.09 bits per heavy atom. The van der Waals surface area contributed by atoms with Crippen LogP contribution in [0, 0.1) is 0 Å². The lowest BCUT2D eigenvalue weighted by molar-refractivity contribution is 0.0519. The van der Waals surface area contributed by atoms with Gasteiger partial charge in [0.2, 0.25) is 5.78 Å². The molecule has 0 aliphatic heterocycles. The minimum Gasteiger partial charge on any atom is -0.461 e. The van der Waals surface area contributed by atoms with Gasteiger partial charge in [0.05, 0.1) is 6.61 Å². The van der Waals surface area contributed by atoms with Crippen LogP contribution in [-0.4, -0.2) is 26.9 Å². The highest BCUT2D eigenvalue weighted by molar-refractivity contribution is 9.08. The van der Waals surface area contributed by atoms with Crippen molar-refractivity contribution in [1.29, 1.82) is 0 Å². The number of alkyl halides is 1.